The molecule has 6 heteroatoms. The van der Waals surface area contributed by atoms with E-state index in [4.69, 9.17) is 5.11 Å². The second kappa shape index (κ2) is 9.27. The van der Waals surface area contributed by atoms with E-state index in [-0.39, 0.29) is 11.7 Å². The zero-order valence-electron chi connectivity index (χ0n) is 7.89. The SMILES string of the molecule is O=C(O)CCCCC(S)CCS#[N+][O-]. The topological polar surface area (TPSA) is 64.7 Å². The van der Waals surface area contributed by atoms with E-state index in [1.165, 1.54) is 0 Å². The Morgan fingerprint density at radius 2 is 2.21 bits per heavy atom. The average molecular weight is 237 g/mol. The summed E-state index contributed by atoms with van der Waals surface area (Å²) in [6, 6.07) is 0. The Morgan fingerprint density at radius 3 is 2.79 bits per heavy atom. The van der Waals surface area contributed by atoms with E-state index in [9.17, 15) is 10.0 Å². The van der Waals surface area contributed by atoms with Gasteiger partial charge in [-0.2, -0.15) is 12.6 Å². The number of rotatable bonds is 7. The Kier molecular flexibility index (Phi) is 9.08. The number of carboxylic acids is 1. The van der Waals surface area contributed by atoms with Gasteiger partial charge in [-0.15, -0.1) is 0 Å². The number of thiol groups is 1. The van der Waals surface area contributed by atoms with E-state index in [0.717, 1.165) is 30.7 Å². The van der Waals surface area contributed by atoms with Crippen LogP contribution < -0.4 is 0 Å². The second-order valence-corrected chi connectivity index (χ2v) is 4.54. The van der Waals surface area contributed by atoms with E-state index in [0.29, 0.717) is 12.2 Å². The molecule has 0 spiro atoms. The van der Waals surface area contributed by atoms with Gasteiger partial charge in [-0.05, 0) is 23.6 Å². The lowest BCUT2D eigenvalue weighted by atomic mass is 10.1. The quantitative estimate of drug-likeness (QED) is 0.406. The van der Waals surface area contributed by atoms with Gasteiger partial charge in [0.1, 0.15) is 0 Å². The molecule has 82 valence electrons. The Labute approximate surface area is 92.9 Å². The first-order chi connectivity index (χ1) is 6.66. The summed E-state index contributed by atoms with van der Waals surface area (Å²) in [6.45, 7) is 0. The summed E-state index contributed by atoms with van der Waals surface area (Å²) in [5.41, 5.74) is 0. The van der Waals surface area contributed by atoms with Gasteiger partial charge in [0.15, 0.2) is 0 Å². The summed E-state index contributed by atoms with van der Waals surface area (Å²) in [5, 5.41) is 18.4. The largest absolute Gasteiger partial charge is 0.481 e. The monoisotopic (exact) mass is 237 g/mol. The number of hydrogen-bond donors (Lipinski definition) is 2. The highest BCUT2D eigenvalue weighted by Gasteiger charge is 2.04. The lowest BCUT2D eigenvalue weighted by Crippen LogP contribution is -2.01. The summed E-state index contributed by atoms with van der Waals surface area (Å²) in [4.78, 5) is 10.2. The molecule has 1 N–H and O–H groups in total. The number of hydrogen-bond acceptors (Lipinski definition) is 3. The van der Waals surface area contributed by atoms with Gasteiger partial charge in [-0.3, -0.25) is 4.79 Å². The van der Waals surface area contributed by atoms with Gasteiger partial charge in [0.25, 0.3) is 0 Å². The van der Waals surface area contributed by atoms with Gasteiger partial charge >= 0.3 is 5.97 Å². The minimum atomic E-state index is -0.749. The molecule has 0 saturated heterocycles. The molecule has 1 unspecified atom stereocenters. The maximum atomic E-state index is 10.2. The van der Waals surface area contributed by atoms with Gasteiger partial charge in [-0.25, -0.2) is 0 Å². The molecule has 0 aliphatic rings. The highest BCUT2D eigenvalue weighted by Crippen LogP contribution is 2.13. The summed E-state index contributed by atoms with van der Waals surface area (Å²) in [5.74, 6) is -0.0576. The van der Waals surface area contributed by atoms with Crippen molar-refractivity contribution in [3.63, 3.8) is 0 Å². The highest BCUT2D eigenvalue weighted by molar-refractivity contribution is 7.87. The first kappa shape index (κ1) is 13.7. The molecule has 1 atom stereocenters. The van der Waals surface area contributed by atoms with E-state index >= 15 is 0 Å². The molecule has 0 fully saturated rings. The lowest BCUT2D eigenvalue weighted by Gasteiger charge is -2.06. The fourth-order valence-corrected chi connectivity index (χ4v) is 1.98. The van der Waals surface area contributed by atoms with E-state index in [1.807, 2.05) is 0 Å². The van der Waals surface area contributed by atoms with Gasteiger partial charge in [0.2, 0.25) is 11.4 Å². The van der Waals surface area contributed by atoms with Gasteiger partial charge in [0, 0.05) is 11.7 Å². The third kappa shape index (κ3) is 9.80. The number of aliphatic carboxylic acids is 1. The minimum Gasteiger partial charge on any atom is -0.481 e. The molecule has 4 nitrogen and oxygen atoms in total. The number of nitrogens with zero attached hydrogens (tertiary/aromatic N) is 1. The molecule has 0 rings (SSSR count). The lowest BCUT2D eigenvalue weighted by molar-refractivity contribution is -0.137. The Balaban J connectivity index is 3.29. The van der Waals surface area contributed by atoms with Gasteiger partial charge < -0.3 is 10.3 Å². The molecule has 0 saturated carbocycles. The first-order valence-corrected chi connectivity index (χ1v) is 5.97. The third-order valence-corrected chi connectivity index (χ3v) is 2.81. The minimum absolute atomic E-state index is 0.227. The van der Waals surface area contributed by atoms with Crippen molar-refractivity contribution in [2.75, 3.05) is 5.75 Å². The van der Waals surface area contributed by atoms with Crippen molar-refractivity contribution in [2.45, 2.75) is 37.4 Å². The molecule has 0 aromatic carbocycles. The fraction of sp³-hybridized carbons (Fsp3) is 0.875. The standard InChI is InChI=1S/C8H15NO3S2/c10-8(11)4-2-1-3-7(13)5-6-14-9-12/h7,13H,1-6H2,(H,10,11). The molecular formula is C8H15NO3S2. The van der Waals surface area contributed by atoms with Crippen molar-refractivity contribution in [1.29, 1.82) is 0 Å². The maximum absolute atomic E-state index is 10.2. The first-order valence-electron chi connectivity index (χ1n) is 4.51. The van der Waals surface area contributed by atoms with Crippen molar-refractivity contribution in [3.05, 3.63) is 9.56 Å². The van der Waals surface area contributed by atoms with E-state index in [2.05, 4.69) is 17.0 Å². The third-order valence-electron chi connectivity index (χ3n) is 1.77. The van der Waals surface area contributed by atoms with Crippen molar-refractivity contribution in [3.8, 4) is 0 Å². The molecule has 0 aromatic rings. The van der Waals surface area contributed by atoms with Crippen LogP contribution in [0.1, 0.15) is 32.1 Å². The van der Waals surface area contributed by atoms with Crippen molar-refractivity contribution in [2.24, 2.45) is 0 Å². The van der Waals surface area contributed by atoms with Crippen molar-refractivity contribution >= 4 is 30.0 Å². The summed E-state index contributed by atoms with van der Waals surface area (Å²) >= 11 is 5.33. The van der Waals surface area contributed by atoms with Crippen LogP contribution in [-0.2, 0) is 4.79 Å². The number of unbranched alkanes of at least 4 members (excludes halogenated alkanes) is 1. The van der Waals surface area contributed by atoms with Crippen LogP contribution in [0.5, 0.6) is 0 Å². The van der Waals surface area contributed by atoms with Crippen LogP contribution in [0.2, 0.25) is 0 Å². The molecule has 0 radical (unpaired) electrons. The average Bonchev–Trinajstić information content (AvgIpc) is 2.13. The normalized spacial score (nSPS) is 11.9. The van der Waals surface area contributed by atoms with Crippen LogP contribution in [0, 0.1) is 5.21 Å². The fourth-order valence-electron chi connectivity index (χ4n) is 1.03. The molecule has 14 heavy (non-hydrogen) atoms. The van der Waals surface area contributed by atoms with Gasteiger partial charge in [-0.1, -0.05) is 6.42 Å². The maximum Gasteiger partial charge on any atom is 0.303 e. The molecular weight excluding hydrogens is 222 g/mol. The smallest absolute Gasteiger partial charge is 0.303 e. The Morgan fingerprint density at radius 1 is 1.50 bits per heavy atom. The van der Waals surface area contributed by atoms with Crippen LogP contribution in [0.4, 0.5) is 0 Å². The molecule has 0 heterocycles. The van der Waals surface area contributed by atoms with Crippen molar-refractivity contribution in [1.82, 2.24) is 0 Å². The van der Waals surface area contributed by atoms with Crippen molar-refractivity contribution < 1.29 is 9.90 Å². The Hall–Kier alpha value is -0.290. The molecule has 0 aliphatic heterocycles. The molecule has 0 aromatic heterocycles. The number of carboxylic acid groups (broad SMARTS) is 1. The molecule has 0 amide bonds. The van der Waals surface area contributed by atoms with Crippen LogP contribution in [0.3, 0.4) is 0 Å². The second-order valence-electron chi connectivity index (χ2n) is 2.99. The zero-order chi connectivity index (χ0) is 10.8. The van der Waals surface area contributed by atoms with Crippen LogP contribution >= 0.6 is 24.0 Å². The zero-order valence-corrected chi connectivity index (χ0v) is 9.60. The van der Waals surface area contributed by atoms with Crippen LogP contribution in [0.25, 0.3) is 4.35 Å². The Bertz CT molecular complexity index is 224. The van der Waals surface area contributed by atoms with E-state index in [1.54, 1.807) is 0 Å². The summed E-state index contributed by atoms with van der Waals surface area (Å²) < 4.78 is 2.68. The number of carbonyl (C=O) groups is 1. The van der Waals surface area contributed by atoms with E-state index < -0.39 is 5.97 Å². The highest BCUT2D eigenvalue weighted by atomic mass is 32.1. The van der Waals surface area contributed by atoms with Gasteiger partial charge in [0.05, 0.1) is 5.75 Å². The van der Waals surface area contributed by atoms with Crippen LogP contribution in [-0.4, -0.2) is 22.1 Å². The predicted octanol–water partition coefficient (Wildman–Crippen LogP) is 2.84. The summed E-state index contributed by atoms with van der Waals surface area (Å²) in [6.07, 6.45) is 3.54. The summed E-state index contributed by atoms with van der Waals surface area (Å²) in [7, 11) is 0. The predicted molar refractivity (Wildman–Crippen MR) is 62.7 cm³/mol. The van der Waals surface area contributed by atoms with Crippen LogP contribution in [0.15, 0.2) is 0 Å². The molecule has 0 aliphatic carbocycles. The molecule has 0 bridgehead atoms.